The van der Waals surface area contributed by atoms with Gasteiger partial charge < -0.3 is 9.84 Å². The number of phenols is 1. The highest BCUT2D eigenvalue weighted by atomic mass is 16.5. The van der Waals surface area contributed by atoms with Crippen LogP contribution in [0.3, 0.4) is 0 Å². The van der Waals surface area contributed by atoms with Crippen molar-refractivity contribution in [2.45, 2.75) is 84.0 Å². The molecule has 0 aliphatic rings. The number of esters is 1. The Bertz CT molecular complexity index is 614. The maximum absolute atomic E-state index is 12.0. The minimum absolute atomic E-state index is 0.0235. The van der Waals surface area contributed by atoms with Crippen molar-refractivity contribution in [3.05, 3.63) is 35.4 Å². The first kappa shape index (κ1) is 23.8. The second kappa shape index (κ2) is 15.7. The van der Waals surface area contributed by atoms with E-state index in [1.165, 1.54) is 82.4 Å². The summed E-state index contributed by atoms with van der Waals surface area (Å²) in [5.74, 6) is -0.441. The van der Waals surface area contributed by atoms with Crippen molar-refractivity contribution in [1.29, 1.82) is 5.26 Å². The molecule has 0 bridgehead atoms. The lowest BCUT2D eigenvalue weighted by molar-refractivity contribution is -0.138. The molecule has 28 heavy (non-hydrogen) atoms. The van der Waals surface area contributed by atoms with Crippen LogP contribution in [-0.2, 0) is 9.53 Å². The highest BCUT2D eigenvalue weighted by molar-refractivity contribution is 5.97. The lowest BCUT2D eigenvalue weighted by atomic mass is 10.1. The van der Waals surface area contributed by atoms with Crippen molar-refractivity contribution in [3.8, 4) is 11.8 Å². The molecule has 1 aromatic rings. The number of aromatic hydroxyl groups is 1. The van der Waals surface area contributed by atoms with Crippen LogP contribution in [0.1, 0.15) is 89.5 Å². The number of carbonyl (C=O) groups is 1. The van der Waals surface area contributed by atoms with E-state index in [4.69, 9.17) is 10.00 Å². The summed E-state index contributed by atoms with van der Waals surface area (Å²) < 4.78 is 5.20. The van der Waals surface area contributed by atoms with Crippen LogP contribution in [0, 0.1) is 11.3 Å². The van der Waals surface area contributed by atoms with E-state index in [-0.39, 0.29) is 11.3 Å². The zero-order valence-corrected chi connectivity index (χ0v) is 17.3. The molecule has 154 valence electrons. The van der Waals surface area contributed by atoms with Gasteiger partial charge in [-0.05, 0) is 30.2 Å². The summed E-state index contributed by atoms with van der Waals surface area (Å²) >= 11 is 0. The predicted molar refractivity (Wildman–Crippen MR) is 114 cm³/mol. The molecule has 1 rings (SSSR count). The van der Waals surface area contributed by atoms with Crippen LogP contribution in [0.15, 0.2) is 29.8 Å². The molecule has 0 heterocycles. The number of benzene rings is 1. The summed E-state index contributed by atoms with van der Waals surface area (Å²) in [6, 6.07) is 8.20. The fourth-order valence-corrected chi connectivity index (χ4v) is 3.06. The molecule has 0 aliphatic carbocycles. The van der Waals surface area contributed by atoms with E-state index in [1.807, 2.05) is 6.07 Å². The van der Waals surface area contributed by atoms with Gasteiger partial charge in [-0.3, -0.25) is 0 Å². The van der Waals surface area contributed by atoms with E-state index in [1.54, 1.807) is 12.1 Å². The van der Waals surface area contributed by atoms with Crippen molar-refractivity contribution in [3.63, 3.8) is 0 Å². The lowest BCUT2D eigenvalue weighted by Gasteiger charge is -2.05. The number of hydrogen-bond acceptors (Lipinski definition) is 4. The van der Waals surface area contributed by atoms with Crippen LogP contribution in [-0.4, -0.2) is 17.7 Å². The van der Waals surface area contributed by atoms with Gasteiger partial charge in [0, 0.05) is 0 Å². The summed E-state index contributed by atoms with van der Waals surface area (Å²) in [4.78, 5) is 12.0. The van der Waals surface area contributed by atoms with Gasteiger partial charge in [0.25, 0.3) is 0 Å². The van der Waals surface area contributed by atoms with Gasteiger partial charge in [0.15, 0.2) is 0 Å². The van der Waals surface area contributed by atoms with E-state index in [9.17, 15) is 9.90 Å². The van der Waals surface area contributed by atoms with Crippen molar-refractivity contribution < 1.29 is 14.6 Å². The van der Waals surface area contributed by atoms with Crippen LogP contribution in [0.25, 0.3) is 6.08 Å². The average molecular weight is 386 g/mol. The third-order valence-electron chi connectivity index (χ3n) is 4.78. The molecular formula is C24H35NO3. The molecule has 1 aromatic carbocycles. The van der Waals surface area contributed by atoms with Gasteiger partial charge in [-0.1, -0.05) is 89.7 Å². The van der Waals surface area contributed by atoms with Crippen LogP contribution in [0.5, 0.6) is 5.75 Å². The fourth-order valence-electron chi connectivity index (χ4n) is 3.06. The Hall–Kier alpha value is -2.28. The van der Waals surface area contributed by atoms with E-state index in [2.05, 4.69) is 6.92 Å². The average Bonchev–Trinajstić information content (AvgIpc) is 2.70. The first-order chi connectivity index (χ1) is 13.7. The maximum atomic E-state index is 12.0. The zero-order valence-electron chi connectivity index (χ0n) is 17.3. The van der Waals surface area contributed by atoms with Crippen LogP contribution in [0.2, 0.25) is 0 Å². The Balaban J connectivity index is 2.06. The SMILES string of the molecule is CCCCCCCCCCCCCCOC(=O)/C(C#N)=C/c1ccc(O)cc1. The molecule has 0 amide bonds. The Morgan fingerprint density at radius 3 is 1.93 bits per heavy atom. The van der Waals surface area contributed by atoms with Gasteiger partial charge in [0.05, 0.1) is 6.61 Å². The van der Waals surface area contributed by atoms with Gasteiger partial charge in [-0.15, -0.1) is 0 Å². The lowest BCUT2D eigenvalue weighted by Crippen LogP contribution is -2.08. The van der Waals surface area contributed by atoms with Crippen molar-refractivity contribution in [2.24, 2.45) is 0 Å². The molecular weight excluding hydrogens is 350 g/mol. The summed E-state index contributed by atoms with van der Waals surface area (Å²) in [6.07, 6.45) is 16.6. The third-order valence-corrected chi connectivity index (χ3v) is 4.78. The molecule has 0 unspecified atom stereocenters. The van der Waals surface area contributed by atoms with E-state index in [0.29, 0.717) is 12.2 Å². The largest absolute Gasteiger partial charge is 0.508 e. The van der Waals surface area contributed by atoms with E-state index < -0.39 is 5.97 Å². The molecule has 0 aromatic heterocycles. The Kier molecular flexibility index (Phi) is 13.4. The van der Waals surface area contributed by atoms with Crippen molar-refractivity contribution in [1.82, 2.24) is 0 Å². The predicted octanol–water partition coefficient (Wildman–Crippen LogP) is 6.54. The number of rotatable bonds is 15. The van der Waals surface area contributed by atoms with E-state index in [0.717, 1.165) is 12.8 Å². The monoisotopic (exact) mass is 385 g/mol. The molecule has 4 heteroatoms. The van der Waals surface area contributed by atoms with Gasteiger partial charge in [-0.2, -0.15) is 5.26 Å². The Labute approximate surface area is 170 Å². The maximum Gasteiger partial charge on any atom is 0.348 e. The Morgan fingerprint density at radius 2 is 1.43 bits per heavy atom. The fraction of sp³-hybridized carbons (Fsp3) is 0.583. The molecule has 1 N–H and O–H groups in total. The number of nitrogens with zero attached hydrogens (tertiary/aromatic N) is 1. The summed E-state index contributed by atoms with van der Waals surface area (Å²) in [7, 11) is 0. The standard InChI is InChI=1S/C24H35NO3/c1-2-3-4-5-6-7-8-9-10-11-12-13-18-28-24(27)22(20-25)19-21-14-16-23(26)17-15-21/h14-17,19,26H,2-13,18H2,1H3/b22-19+. The molecule has 0 spiro atoms. The third kappa shape index (κ3) is 11.4. The number of hydrogen-bond donors (Lipinski definition) is 1. The Morgan fingerprint density at radius 1 is 0.929 bits per heavy atom. The highest BCUT2D eigenvalue weighted by Gasteiger charge is 2.10. The number of carbonyl (C=O) groups excluding carboxylic acids is 1. The molecule has 0 saturated heterocycles. The number of unbranched alkanes of at least 4 members (excludes halogenated alkanes) is 11. The first-order valence-corrected chi connectivity index (χ1v) is 10.7. The highest BCUT2D eigenvalue weighted by Crippen LogP contribution is 2.14. The van der Waals surface area contributed by atoms with Crippen LogP contribution >= 0.6 is 0 Å². The number of ether oxygens (including phenoxy) is 1. The zero-order chi connectivity index (χ0) is 20.5. The second-order valence-corrected chi connectivity index (χ2v) is 7.29. The molecule has 0 radical (unpaired) electrons. The van der Waals surface area contributed by atoms with Gasteiger partial charge in [-0.25, -0.2) is 4.79 Å². The van der Waals surface area contributed by atoms with Crippen LogP contribution in [0.4, 0.5) is 0 Å². The molecule has 4 nitrogen and oxygen atoms in total. The minimum Gasteiger partial charge on any atom is -0.508 e. The van der Waals surface area contributed by atoms with Gasteiger partial charge in [0.2, 0.25) is 0 Å². The van der Waals surface area contributed by atoms with Crippen LogP contribution < -0.4 is 0 Å². The molecule has 0 saturated carbocycles. The number of phenolic OH excluding ortho intramolecular Hbond substituents is 1. The quantitative estimate of drug-likeness (QED) is 0.161. The first-order valence-electron chi connectivity index (χ1n) is 10.7. The van der Waals surface area contributed by atoms with Crippen molar-refractivity contribution >= 4 is 12.0 Å². The molecule has 0 fully saturated rings. The van der Waals surface area contributed by atoms with E-state index >= 15 is 0 Å². The normalized spacial score (nSPS) is 11.2. The molecule has 0 atom stereocenters. The topological polar surface area (TPSA) is 70.3 Å². The summed E-state index contributed by atoms with van der Waals surface area (Å²) in [6.45, 7) is 2.60. The summed E-state index contributed by atoms with van der Waals surface area (Å²) in [5, 5.41) is 18.4. The van der Waals surface area contributed by atoms with Crippen molar-refractivity contribution in [2.75, 3.05) is 6.61 Å². The van der Waals surface area contributed by atoms with Gasteiger partial charge in [0.1, 0.15) is 17.4 Å². The van der Waals surface area contributed by atoms with Gasteiger partial charge >= 0.3 is 5.97 Å². The number of nitriles is 1. The summed E-state index contributed by atoms with van der Waals surface area (Å²) in [5.41, 5.74) is 0.654. The minimum atomic E-state index is -0.585. The smallest absolute Gasteiger partial charge is 0.348 e. The second-order valence-electron chi connectivity index (χ2n) is 7.29. The molecule has 0 aliphatic heterocycles.